The van der Waals surface area contributed by atoms with Crippen molar-refractivity contribution < 1.29 is 4.57 Å². The van der Waals surface area contributed by atoms with Crippen molar-refractivity contribution in [2.24, 2.45) is 5.50 Å². The van der Waals surface area contributed by atoms with E-state index in [0.29, 0.717) is 5.44 Å². The van der Waals surface area contributed by atoms with E-state index in [4.69, 9.17) is 5.50 Å². The van der Waals surface area contributed by atoms with Gasteiger partial charge in [0.2, 0.25) is 0 Å². The van der Waals surface area contributed by atoms with E-state index in [1.807, 2.05) is 0 Å². The second-order valence-electron chi connectivity index (χ2n) is 1.22. The van der Waals surface area contributed by atoms with Crippen LogP contribution in [0.15, 0.2) is 6.20 Å². The SMILES string of the molecule is N[PH](=O)c1c[nH]nn1. The van der Waals surface area contributed by atoms with E-state index in [0.717, 1.165) is 0 Å². The number of aromatic nitrogens is 3. The van der Waals surface area contributed by atoms with Crippen molar-refractivity contribution in [3.8, 4) is 0 Å². The molecular weight excluding hydrogens is 127 g/mol. The largest absolute Gasteiger partial charge is 0.303 e. The van der Waals surface area contributed by atoms with Gasteiger partial charge >= 0.3 is 0 Å². The molecule has 0 saturated carbocycles. The van der Waals surface area contributed by atoms with E-state index in [1.165, 1.54) is 6.20 Å². The number of nitrogens with two attached hydrogens (primary N) is 1. The zero-order chi connectivity index (χ0) is 5.98. The normalized spacial score (nSPS) is 13.6. The molecule has 0 spiro atoms. The van der Waals surface area contributed by atoms with Crippen molar-refractivity contribution in [2.45, 2.75) is 0 Å². The molecule has 0 aliphatic rings. The van der Waals surface area contributed by atoms with Gasteiger partial charge in [-0.05, 0) is 0 Å². The standard InChI is InChI=1S/C2H5N4OP/c3-8(7)2-1-4-6-5-2/h1,8H,(H2,3,7)(H,4,5,6). The van der Waals surface area contributed by atoms with Gasteiger partial charge in [0.1, 0.15) is 0 Å². The summed E-state index contributed by atoms with van der Waals surface area (Å²) in [6.45, 7) is 0. The van der Waals surface area contributed by atoms with Crippen LogP contribution in [0.25, 0.3) is 0 Å². The smallest absolute Gasteiger partial charge is 0.183 e. The summed E-state index contributed by atoms with van der Waals surface area (Å²) in [7, 11) is -2.12. The van der Waals surface area contributed by atoms with Crippen LogP contribution in [-0.2, 0) is 4.57 Å². The van der Waals surface area contributed by atoms with Crippen LogP contribution >= 0.6 is 7.95 Å². The molecule has 0 amide bonds. The Morgan fingerprint density at radius 2 is 2.62 bits per heavy atom. The van der Waals surface area contributed by atoms with Gasteiger partial charge in [-0.2, -0.15) is 0 Å². The van der Waals surface area contributed by atoms with Gasteiger partial charge in [0.25, 0.3) is 0 Å². The van der Waals surface area contributed by atoms with Gasteiger partial charge in [-0.15, -0.1) is 5.10 Å². The molecule has 1 aromatic rings. The van der Waals surface area contributed by atoms with Crippen LogP contribution in [0.2, 0.25) is 0 Å². The molecule has 0 aliphatic carbocycles. The summed E-state index contributed by atoms with van der Waals surface area (Å²) in [5.74, 6) is 0. The maximum absolute atomic E-state index is 10.3. The lowest BCUT2D eigenvalue weighted by Crippen LogP contribution is -2.00. The summed E-state index contributed by atoms with van der Waals surface area (Å²) in [4.78, 5) is 0. The fourth-order valence-corrected chi connectivity index (χ4v) is 0.677. The summed E-state index contributed by atoms with van der Waals surface area (Å²) in [6.07, 6.45) is 1.42. The Kier molecular flexibility index (Phi) is 1.41. The highest BCUT2D eigenvalue weighted by Gasteiger charge is 1.96. The third kappa shape index (κ3) is 0.936. The number of nitrogens with zero attached hydrogens (tertiary/aromatic N) is 2. The summed E-state index contributed by atoms with van der Waals surface area (Å²) in [5, 5.41) is 9.13. The van der Waals surface area contributed by atoms with E-state index >= 15 is 0 Å². The Hall–Kier alpha value is -0.670. The lowest BCUT2D eigenvalue weighted by molar-refractivity contribution is 0.593. The molecule has 6 heteroatoms. The van der Waals surface area contributed by atoms with Crippen molar-refractivity contribution in [2.75, 3.05) is 0 Å². The van der Waals surface area contributed by atoms with Gasteiger partial charge in [-0.3, -0.25) is 10.6 Å². The maximum atomic E-state index is 10.3. The molecule has 0 saturated heterocycles. The average Bonchev–Trinajstić information content (AvgIpc) is 2.12. The summed E-state index contributed by atoms with van der Waals surface area (Å²) in [5.41, 5.74) is 5.32. The molecule has 8 heavy (non-hydrogen) atoms. The molecule has 44 valence electrons. The molecule has 1 rings (SSSR count). The van der Waals surface area contributed by atoms with Crippen molar-refractivity contribution in [3.63, 3.8) is 0 Å². The lowest BCUT2D eigenvalue weighted by Gasteiger charge is -1.78. The molecule has 0 aliphatic heterocycles. The highest BCUT2D eigenvalue weighted by atomic mass is 31.1. The number of rotatable bonds is 1. The van der Waals surface area contributed by atoms with Gasteiger partial charge in [0.05, 0.1) is 6.20 Å². The lowest BCUT2D eigenvalue weighted by atomic mass is 11.0. The molecule has 1 aromatic heterocycles. The molecule has 0 radical (unpaired) electrons. The van der Waals surface area contributed by atoms with Crippen LogP contribution in [0, 0.1) is 0 Å². The van der Waals surface area contributed by atoms with Gasteiger partial charge in [-0.25, -0.2) is 0 Å². The van der Waals surface area contributed by atoms with Crippen LogP contribution in [0.3, 0.4) is 0 Å². The van der Waals surface area contributed by atoms with Crippen molar-refractivity contribution >= 4 is 13.4 Å². The van der Waals surface area contributed by atoms with Gasteiger partial charge < -0.3 is 4.57 Å². The Bertz CT molecular complexity index is 182. The van der Waals surface area contributed by atoms with E-state index in [9.17, 15) is 4.57 Å². The van der Waals surface area contributed by atoms with Gasteiger partial charge in [0.15, 0.2) is 13.4 Å². The third-order valence-electron chi connectivity index (χ3n) is 0.669. The number of hydrogen-bond acceptors (Lipinski definition) is 3. The number of nitrogens with one attached hydrogen (secondary N) is 1. The summed E-state index contributed by atoms with van der Waals surface area (Å²) in [6, 6.07) is 0. The second-order valence-corrected chi connectivity index (χ2v) is 2.46. The first-order valence-corrected chi connectivity index (χ1v) is 3.45. The Morgan fingerprint density at radius 1 is 1.88 bits per heavy atom. The predicted octanol–water partition coefficient (Wildman–Crippen LogP) is -1.14. The Labute approximate surface area is 46.1 Å². The quantitative estimate of drug-likeness (QED) is 0.473. The van der Waals surface area contributed by atoms with Crippen molar-refractivity contribution in [1.82, 2.24) is 15.4 Å². The average molecular weight is 132 g/mol. The monoisotopic (exact) mass is 132 g/mol. The first-order valence-electron chi connectivity index (χ1n) is 1.97. The third-order valence-corrected chi connectivity index (χ3v) is 1.42. The van der Waals surface area contributed by atoms with Crippen LogP contribution in [0.1, 0.15) is 0 Å². The second kappa shape index (κ2) is 2.07. The predicted molar refractivity (Wildman–Crippen MR) is 29.2 cm³/mol. The molecule has 0 aromatic carbocycles. The minimum atomic E-state index is -2.12. The van der Waals surface area contributed by atoms with Gasteiger partial charge in [-0.1, -0.05) is 5.21 Å². The molecule has 1 heterocycles. The molecular formula is C2H5N4OP. The fourth-order valence-electron chi connectivity index (χ4n) is 0.322. The van der Waals surface area contributed by atoms with Crippen LogP contribution < -0.4 is 10.9 Å². The minimum Gasteiger partial charge on any atom is -0.303 e. The number of H-pyrrole nitrogens is 1. The molecule has 5 nitrogen and oxygen atoms in total. The van der Waals surface area contributed by atoms with E-state index in [-0.39, 0.29) is 0 Å². The minimum absolute atomic E-state index is 0.343. The first kappa shape index (κ1) is 5.47. The van der Waals surface area contributed by atoms with Crippen LogP contribution in [-0.4, -0.2) is 15.4 Å². The number of aromatic amines is 1. The van der Waals surface area contributed by atoms with Crippen molar-refractivity contribution in [1.29, 1.82) is 0 Å². The highest BCUT2D eigenvalue weighted by Crippen LogP contribution is 2.01. The molecule has 0 bridgehead atoms. The zero-order valence-electron chi connectivity index (χ0n) is 3.96. The summed E-state index contributed by atoms with van der Waals surface area (Å²) >= 11 is 0. The first-order chi connectivity index (χ1) is 3.80. The van der Waals surface area contributed by atoms with Gasteiger partial charge in [0, 0.05) is 0 Å². The number of hydrogen-bond donors (Lipinski definition) is 2. The Balaban J connectivity index is 2.93. The van der Waals surface area contributed by atoms with E-state index < -0.39 is 7.95 Å². The molecule has 1 unspecified atom stereocenters. The van der Waals surface area contributed by atoms with E-state index in [2.05, 4.69) is 15.4 Å². The molecule has 1 atom stereocenters. The topological polar surface area (TPSA) is 84.7 Å². The van der Waals surface area contributed by atoms with Crippen molar-refractivity contribution in [3.05, 3.63) is 6.20 Å². The maximum Gasteiger partial charge on any atom is 0.183 e. The van der Waals surface area contributed by atoms with Crippen LogP contribution in [0.4, 0.5) is 0 Å². The zero-order valence-corrected chi connectivity index (χ0v) is 4.96. The van der Waals surface area contributed by atoms with Crippen LogP contribution in [0.5, 0.6) is 0 Å². The summed E-state index contributed by atoms with van der Waals surface area (Å²) < 4.78 is 10.3. The highest BCUT2D eigenvalue weighted by molar-refractivity contribution is 7.50. The Morgan fingerprint density at radius 3 is 2.88 bits per heavy atom. The molecule has 3 N–H and O–H groups in total. The molecule has 0 fully saturated rings. The van der Waals surface area contributed by atoms with E-state index in [1.54, 1.807) is 0 Å². The fraction of sp³-hybridized carbons (Fsp3) is 0.